The van der Waals surface area contributed by atoms with Crippen LogP contribution < -0.4 is 15.2 Å². The second-order valence-electron chi connectivity index (χ2n) is 9.35. The van der Waals surface area contributed by atoms with Crippen molar-refractivity contribution >= 4 is 32.6 Å². The van der Waals surface area contributed by atoms with Crippen molar-refractivity contribution in [2.24, 2.45) is 0 Å². The van der Waals surface area contributed by atoms with Crippen LogP contribution in [0.15, 0.2) is 53.8 Å². The van der Waals surface area contributed by atoms with Crippen molar-refractivity contribution in [2.45, 2.75) is 30.7 Å². The molecule has 5 rings (SSSR count). The van der Waals surface area contributed by atoms with E-state index in [0.29, 0.717) is 27.9 Å². The van der Waals surface area contributed by atoms with Crippen molar-refractivity contribution < 1.29 is 17.5 Å². The Balaban J connectivity index is 1.56. The zero-order valence-electron chi connectivity index (χ0n) is 20.9. The zero-order chi connectivity index (χ0) is 26.3. The number of hydrogen-bond donors (Lipinski definition) is 2. The molecule has 4 aromatic rings. The molecular formula is C26H29FN6O3S. The van der Waals surface area contributed by atoms with Crippen molar-refractivity contribution in [1.29, 1.82) is 0 Å². The highest BCUT2D eigenvalue weighted by molar-refractivity contribution is 7.92. The van der Waals surface area contributed by atoms with Gasteiger partial charge in [0.2, 0.25) is 0 Å². The van der Waals surface area contributed by atoms with Gasteiger partial charge in [-0.05, 0) is 69.7 Å². The third kappa shape index (κ3) is 4.60. The average Bonchev–Trinajstić information content (AvgIpc) is 3.26. The molecule has 2 aromatic carbocycles. The summed E-state index contributed by atoms with van der Waals surface area (Å²) in [5, 5.41) is 0.547. The molecule has 0 radical (unpaired) electrons. The highest BCUT2D eigenvalue weighted by atomic mass is 32.2. The maximum atomic E-state index is 15.9. The lowest BCUT2D eigenvalue weighted by Gasteiger charge is -2.30. The lowest BCUT2D eigenvalue weighted by Crippen LogP contribution is -2.31. The minimum Gasteiger partial charge on any atom is -0.496 e. The molecule has 194 valence electrons. The number of aromatic nitrogens is 3. The van der Waals surface area contributed by atoms with E-state index in [0.717, 1.165) is 25.9 Å². The van der Waals surface area contributed by atoms with E-state index in [4.69, 9.17) is 10.5 Å². The maximum Gasteiger partial charge on any atom is 0.262 e. The molecule has 0 bridgehead atoms. The quantitative estimate of drug-likeness (QED) is 0.388. The van der Waals surface area contributed by atoms with Gasteiger partial charge in [0.25, 0.3) is 10.0 Å². The van der Waals surface area contributed by atoms with Crippen LogP contribution in [0.1, 0.15) is 24.4 Å². The zero-order valence-corrected chi connectivity index (χ0v) is 21.7. The molecule has 1 aliphatic heterocycles. The third-order valence-corrected chi connectivity index (χ3v) is 8.29. The highest BCUT2D eigenvalue weighted by Gasteiger charge is 2.26. The first-order valence-corrected chi connectivity index (χ1v) is 13.4. The number of likely N-dealkylation sites (tertiary alicyclic amines) is 1. The van der Waals surface area contributed by atoms with Crippen LogP contribution in [0.2, 0.25) is 0 Å². The number of nitrogens with zero attached hydrogens (tertiary/aromatic N) is 4. The molecule has 11 heteroatoms. The topological polar surface area (TPSA) is 115 Å². The normalized spacial score (nSPS) is 15.2. The fourth-order valence-electron chi connectivity index (χ4n) is 4.90. The summed E-state index contributed by atoms with van der Waals surface area (Å²) in [6.07, 6.45) is 5.11. The molecule has 9 nitrogen and oxygen atoms in total. The Kier molecular flexibility index (Phi) is 6.50. The molecule has 1 saturated heterocycles. The Morgan fingerprint density at radius 2 is 1.89 bits per heavy atom. The molecule has 3 N–H and O–H groups in total. The van der Waals surface area contributed by atoms with Crippen molar-refractivity contribution in [2.75, 3.05) is 37.7 Å². The fraction of sp³-hybridized carbons (Fsp3) is 0.308. The van der Waals surface area contributed by atoms with Crippen LogP contribution in [0.5, 0.6) is 5.75 Å². The molecule has 0 atom stereocenters. The van der Waals surface area contributed by atoms with Crippen molar-refractivity contribution in [3.63, 3.8) is 0 Å². The summed E-state index contributed by atoms with van der Waals surface area (Å²) in [5.41, 5.74) is 8.10. The Labute approximate surface area is 215 Å². The van der Waals surface area contributed by atoms with E-state index in [9.17, 15) is 8.42 Å². The number of methoxy groups -OCH3 is 1. The van der Waals surface area contributed by atoms with Gasteiger partial charge in [0, 0.05) is 23.4 Å². The first-order valence-electron chi connectivity index (χ1n) is 12.0. The van der Waals surface area contributed by atoms with Crippen LogP contribution in [-0.4, -0.2) is 55.1 Å². The Bertz CT molecular complexity index is 1580. The Morgan fingerprint density at radius 1 is 1.14 bits per heavy atom. The van der Waals surface area contributed by atoms with Crippen molar-refractivity contribution in [3.8, 4) is 16.9 Å². The second kappa shape index (κ2) is 9.64. The fourth-order valence-corrected chi connectivity index (χ4v) is 6.05. The van der Waals surface area contributed by atoms with E-state index in [-0.39, 0.29) is 28.0 Å². The summed E-state index contributed by atoms with van der Waals surface area (Å²) in [6, 6.07) is 9.25. The summed E-state index contributed by atoms with van der Waals surface area (Å²) in [7, 11) is -0.456. The predicted octanol–water partition coefficient (Wildman–Crippen LogP) is 4.20. The first-order chi connectivity index (χ1) is 17.7. The number of benzene rings is 2. The van der Waals surface area contributed by atoms with E-state index in [1.807, 2.05) is 10.8 Å². The van der Waals surface area contributed by atoms with Gasteiger partial charge in [-0.2, -0.15) is 0 Å². The number of nitrogens with two attached hydrogens (primary N) is 1. The van der Waals surface area contributed by atoms with E-state index < -0.39 is 15.8 Å². The van der Waals surface area contributed by atoms with Crippen LogP contribution >= 0.6 is 0 Å². The van der Waals surface area contributed by atoms with Crippen LogP contribution in [0, 0.1) is 12.7 Å². The van der Waals surface area contributed by atoms with Gasteiger partial charge in [-0.1, -0.05) is 12.1 Å². The number of hydrogen-bond acceptors (Lipinski definition) is 7. The minimum atomic E-state index is -4.05. The van der Waals surface area contributed by atoms with Crippen LogP contribution in [0.4, 0.5) is 15.9 Å². The molecular weight excluding hydrogens is 495 g/mol. The number of ether oxygens (including phenoxy) is 1. The Hall–Kier alpha value is -3.70. The first kappa shape index (κ1) is 25.0. The molecule has 0 aliphatic carbocycles. The predicted molar refractivity (Wildman–Crippen MR) is 142 cm³/mol. The summed E-state index contributed by atoms with van der Waals surface area (Å²) < 4.78 is 51.8. The molecule has 0 spiro atoms. The van der Waals surface area contributed by atoms with E-state index >= 15 is 4.39 Å². The molecule has 1 fully saturated rings. The van der Waals surface area contributed by atoms with Gasteiger partial charge in [0.1, 0.15) is 23.5 Å². The van der Waals surface area contributed by atoms with Gasteiger partial charge in [-0.15, -0.1) is 0 Å². The van der Waals surface area contributed by atoms with Crippen LogP contribution in [0.25, 0.3) is 22.2 Å². The number of nitrogens with one attached hydrogen (secondary N) is 1. The summed E-state index contributed by atoms with van der Waals surface area (Å²) in [5.74, 6) is 0.0979. The smallest absolute Gasteiger partial charge is 0.262 e. The number of aryl methyl sites for hydroxylation is 1. The third-order valence-electron chi connectivity index (χ3n) is 6.93. The molecule has 0 saturated carbocycles. The van der Waals surface area contributed by atoms with Gasteiger partial charge < -0.3 is 19.9 Å². The largest absolute Gasteiger partial charge is 0.496 e. The molecule has 0 amide bonds. The van der Waals surface area contributed by atoms with Gasteiger partial charge >= 0.3 is 0 Å². The van der Waals surface area contributed by atoms with Gasteiger partial charge in [0.15, 0.2) is 5.82 Å². The van der Waals surface area contributed by atoms with Crippen molar-refractivity contribution in [1.82, 2.24) is 19.4 Å². The van der Waals surface area contributed by atoms with Crippen LogP contribution in [-0.2, 0) is 10.0 Å². The number of sulfonamides is 1. The molecule has 37 heavy (non-hydrogen) atoms. The number of piperidine rings is 1. The Morgan fingerprint density at radius 3 is 2.59 bits per heavy atom. The summed E-state index contributed by atoms with van der Waals surface area (Å²) >= 11 is 0. The molecule has 1 aliphatic rings. The SMILES string of the molecule is COc1ccc(S(=O)(=O)Nc2cccc(-c3cn(C4CCN(C)CC4)c4ncnc(N)c34)c2F)cc1C. The second-order valence-corrected chi connectivity index (χ2v) is 11.0. The number of halogens is 1. The number of nitrogen functional groups attached to an aromatic ring is 1. The number of rotatable bonds is 6. The maximum absolute atomic E-state index is 15.9. The molecule has 3 heterocycles. The van der Waals surface area contributed by atoms with Crippen molar-refractivity contribution in [3.05, 3.63) is 60.3 Å². The standard InChI is InChI=1S/C26H29FN6O3S/c1-16-13-18(7-8-22(16)36-3)37(34,35)31-21-6-4-5-19(24(21)27)20-14-33(17-9-11-32(2)12-10-17)26-23(20)25(28)29-15-30-26/h4-8,13-15,17,31H,9-12H2,1-3H3,(H2,28,29,30). The summed E-state index contributed by atoms with van der Waals surface area (Å²) in [4.78, 5) is 10.9. The van der Waals surface area contributed by atoms with Gasteiger partial charge in [-0.25, -0.2) is 22.8 Å². The lowest BCUT2D eigenvalue weighted by molar-refractivity contribution is 0.224. The monoisotopic (exact) mass is 524 g/mol. The van der Waals surface area contributed by atoms with E-state index in [1.165, 1.54) is 31.6 Å². The molecule has 2 aromatic heterocycles. The number of fused-ring (bicyclic) bond motifs is 1. The van der Waals surface area contributed by atoms with Crippen LogP contribution in [0.3, 0.4) is 0 Å². The van der Waals surface area contributed by atoms with E-state index in [2.05, 4.69) is 26.6 Å². The summed E-state index contributed by atoms with van der Waals surface area (Å²) in [6.45, 7) is 3.62. The number of anilines is 2. The highest BCUT2D eigenvalue weighted by Crippen LogP contribution is 2.39. The van der Waals surface area contributed by atoms with Gasteiger partial charge in [0.05, 0.1) is 23.1 Å². The lowest BCUT2D eigenvalue weighted by atomic mass is 10.0. The van der Waals surface area contributed by atoms with E-state index in [1.54, 1.807) is 25.1 Å². The average molecular weight is 525 g/mol. The van der Waals surface area contributed by atoms with Gasteiger partial charge in [-0.3, -0.25) is 4.72 Å². The minimum absolute atomic E-state index is 0.00659. The molecule has 0 unspecified atom stereocenters.